The van der Waals surface area contributed by atoms with E-state index in [1.54, 1.807) is 42.5 Å². The van der Waals surface area contributed by atoms with Gasteiger partial charge in [-0.25, -0.2) is 8.42 Å². The number of hydrogen-bond donors (Lipinski definition) is 1. The van der Waals surface area contributed by atoms with Crippen LogP contribution in [0.25, 0.3) is 16.3 Å². The van der Waals surface area contributed by atoms with Gasteiger partial charge in [0.25, 0.3) is 15.1 Å². The molecule has 0 spiro atoms. The number of nitrogens with zero attached hydrogens (tertiary/aromatic N) is 2. The lowest BCUT2D eigenvalue weighted by molar-refractivity contribution is -0.649. The summed E-state index contributed by atoms with van der Waals surface area (Å²) in [5, 5.41) is 1.54. The van der Waals surface area contributed by atoms with Gasteiger partial charge in [-0.3, -0.25) is 4.55 Å². The van der Waals surface area contributed by atoms with E-state index < -0.39 is 32.0 Å². The van der Waals surface area contributed by atoms with Crippen molar-refractivity contribution in [1.82, 2.24) is 0 Å². The molecule has 0 fully saturated rings. The highest BCUT2D eigenvalue weighted by Crippen LogP contribution is 2.48. The van der Waals surface area contributed by atoms with E-state index in [1.165, 1.54) is 32.6 Å². The van der Waals surface area contributed by atoms with E-state index in [9.17, 15) is 25.9 Å². The van der Waals surface area contributed by atoms with Crippen LogP contribution in [-0.4, -0.2) is 31.8 Å². The zero-order valence-electron chi connectivity index (χ0n) is 15.2. The molecule has 0 bridgehead atoms. The first kappa shape index (κ1) is 22.8. The number of anilines is 1. The van der Waals surface area contributed by atoms with Gasteiger partial charge in [0.15, 0.2) is 16.0 Å². The van der Waals surface area contributed by atoms with E-state index in [0.29, 0.717) is 40.9 Å². The molecule has 0 aliphatic carbocycles. The van der Waals surface area contributed by atoms with Gasteiger partial charge in [0.05, 0.1) is 16.8 Å². The molecule has 2 aromatic carbocycles. The maximum absolute atomic E-state index is 11.6. The number of thioether (sulfide) groups is 1. The van der Waals surface area contributed by atoms with Crippen LogP contribution in [0.2, 0.25) is 10.0 Å². The zero-order valence-corrected chi connectivity index (χ0v) is 20.0. The summed E-state index contributed by atoms with van der Waals surface area (Å²) < 4.78 is 69.2. The molecule has 1 aliphatic rings. The summed E-state index contributed by atoms with van der Waals surface area (Å²) in [5.41, 5.74) is 0.933. The summed E-state index contributed by atoms with van der Waals surface area (Å²) in [4.78, 5) is 2.06. The first-order chi connectivity index (χ1) is 14.4. The van der Waals surface area contributed by atoms with Gasteiger partial charge < -0.3 is 9.45 Å². The highest BCUT2D eigenvalue weighted by molar-refractivity contribution is 8.04. The van der Waals surface area contributed by atoms with Crippen molar-refractivity contribution < 1.29 is 30.5 Å². The van der Waals surface area contributed by atoms with Gasteiger partial charge in [0.2, 0.25) is 11.4 Å². The fourth-order valence-corrected chi connectivity index (χ4v) is 6.98. The molecular weight excluding hydrogens is 527 g/mol. The van der Waals surface area contributed by atoms with Gasteiger partial charge in [-0.05, 0) is 30.3 Å². The van der Waals surface area contributed by atoms with E-state index in [4.69, 9.17) is 23.2 Å². The minimum Gasteiger partial charge on any atom is -0.743 e. The molecule has 0 unspecified atom stereocenters. The van der Waals surface area contributed by atoms with Crippen LogP contribution in [0.1, 0.15) is 5.01 Å². The molecule has 4 rings (SSSR count). The Bertz CT molecular complexity index is 1450. The molecule has 14 heteroatoms. The molecule has 31 heavy (non-hydrogen) atoms. The summed E-state index contributed by atoms with van der Waals surface area (Å²) in [5.74, 6) is -1.55. The van der Waals surface area contributed by atoms with Crippen LogP contribution >= 0.6 is 46.3 Å². The van der Waals surface area contributed by atoms with Gasteiger partial charge in [-0.2, -0.15) is 13.0 Å². The van der Waals surface area contributed by atoms with Crippen LogP contribution in [0.3, 0.4) is 0 Å². The molecule has 3 aromatic rings. The Labute approximate surface area is 196 Å². The molecule has 1 aromatic heterocycles. The zero-order chi connectivity index (χ0) is 22.6. The molecule has 0 saturated carbocycles. The molecule has 164 valence electrons. The van der Waals surface area contributed by atoms with Gasteiger partial charge in [0, 0.05) is 21.0 Å². The first-order valence-electron chi connectivity index (χ1n) is 8.37. The third-order valence-electron chi connectivity index (χ3n) is 4.21. The van der Waals surface area contributed by atoms with E-state index in [1.807, 2.05) is 0 Å². The highest BCUT2D eigenvalue weighted by Gasteiger charge is 2.31. The SMILES string of the molecule is O=S(=O)([O-])C[n+]1c(C=C2Sc3ccc(Cl)cc3N2CS(=O)(=O)O)sc2ccc(Cl)cc21. The molecule has 1 N–H and O–H groups in total. The molecule has 1 aliphatic heterocycles. The second kappa shape index (κ2) is 8.19. The molecule has 0 saturated heterocycles. The standard InChI is InChI=1S/C17H12Cl2N2O6S4/c18-10-1-3-14-12(5-10)20(8-30(22,23)24)16(28-14)7-17-21(9-31(25,26)27)13-6-11(19)2-4-15(13)29-17/h1-7H,8-9H2,(H-,22,23,24,25,26,27). The third kappa shape index (κ3) is 5.17. The monoisotopic (exact) mass is 538 g/mol. The topological polar surface area (TPSA) is 119 Å². The van der Waals surface area contributed by atoms with E-state index in [-0.39, 0.29) is 0 Å². The minimum atomic E-state index is -4.64. The van der Waals surface area contributed by atoms with E-state index in [0.717, 1.165) is 0 Å². The number of rotatable bonds is 5. The van der Waals surface area contributed by atoms with Crippen molar-refractivity contribution >= 4 is 88.5 Å². The Morgan fingerprint density at radius 3 is 2.45 bits per heavy atom. The molecule has 0 radical (unpaired) electrons. The summed E-state index contributed by atoms with van der Waals surface area (Å²) in [7, 11) is -9.03. The molecule has 8 nitrogen and oxygen atoms in total. The predicted octanol–water partition coefficient (Wildman–Crippen LogP) is 3.75. The molecule has 0 atom stereocenters. The summed E-state index contributed by atoms with van der Waals surface area (Å²) in [6.07, 6.45) is 1.56. The highest BCUT2D eigenvalue weighted by atomic mass is 35.5. The summed E-state index contributed by atoms with van der Waals surface area (Å²) in [6.45, 7) is 0. The Hall–Kier alpha value is -1.38. The average molecular weight is 539 g/mol. The van der Waals surface area contributed by atoms with Crippen LogP contribution in [0, 0.1) is 0 Å². The van der Waals surface area contributed by atoms with Crippen molar-refractivity contribution in [3.63, 3.8) is 0 Å². The lowest BCUT2D eigenvalue weighted by atomic mass is 10.3. The van der Waals surface area contributed by atoms with Crippen molar-refractivity contribution in [2.45, 2.75) is 10.8 Å². The number of fused-ring (bicyclic) bond motifs is 2. The number of halogens is 2. The fraction of sp³-hybridized carbons (Fsp3) is 0.118. The smallest absolute Gasteiger partial charge is 0.283 e. The maximum Gasteiger partial charge on any atom is 0.283 e. The third-order valence-corrected chi connectivity index (χ3v) is 8.07. The predicted molar refractivity (Wildman–Crippen MR) is 121 cm³/mol. The van der Waals surface area contributed by atoms with Crippen molar-refractivity contribution in [2.75, 3.05) is 10.8 Å². The van der Waals surface area contributed by atoms with Crippen LogP contribution in [0.15, 0.2) is 46.3 Å². The second-order valence-electron chi connectivity index (χ2n) is 6.50. The van der Waals surface area contributed by atoms with Crippen LogP contribution in [0.4, 0.5) is 5.69 Å². The first-order valence-corrected chi connectivity index (χ1v) is 13.9. The van der Waals surface area contributed by atoms with E-state index in [2.05, 4.69) is 0 Å². The molecule has 0 amide bonds. The van der Waals surface area contributed by atoms with Crippen molar-refractivity contribution in [3.8, 4) is 0 Å². The van der Waals surface area contributed by atoms with Crippen molar-refractivity contribution in [1.29, 1.82) is 0 Å². The molecular formula is C17H12Cl2N2O6S4. The maximum atomic E-state index is 11.6. The number of benzene rings is 2. The van der Waals surface area contributed by atoms with Crippen molar-refractivity contribution in [3.05, 3.63) is 56.5 Å². The largest absolute Gasteiger partial charge is 0.743 e. The Morgan fingerprint density at radius 2 is 1.77 bits per heavy atom. The Morgan fingerprint density at radius 1 is 1.10 bits per heavy atom. The molecule has 2 heterocycles. The quantitative estimate of drug-likeness (QED) is 0.385. The second-order valence-corrected chi connectivity index (χ2v) is 12.3. The van der Waals surface area contributed by atoms with Gasteiger partial charge in [0.1, 0.15) is 4.70 Å². The normalized spacial score (nSPS) is 15.7. The summed E-state index contributed by atoms with van der Waals surface area (Å²) in [6, 6.07) is 9.81. The van der Waals surface area contributed by atoms with Gasteiger partial charge in [-0.15, -0.1) is 0 Å². The lowest BCUT2D eigenvalue weighted by Crippen LogP contribution is -2.39. The van der Waals surface area contributed by atoms with Crippen LogP contribution in [-0.2, 0) is 26.1 Å². The summed E-state index contributed by atoms with van der Waals surface area (Å²) >= 11 is 14.5. The van der Waals surface area contributed by atoms with Crippen LogP contribution in [0.5, 0.6) is 0 Å². The fourth-order valence-electron chi connectivity index (χ4n) is 3.06. The lowest BCUT2D eigenvalue weighted by Gasteiger charge is -2.18. The van der Waals surface area contributed by atoms with Gasteiger partial charge >= 0.3 is 0 Å². The van der Waals surface area contributed by atoms with Crippen LogP contribution < -0.4 is 9.47 Å². The van der Waals surface area contributed by atoms with Crippen molar-refractivity contribution in [2.24, 2.45) is 0 Å². The number of hydrogen-bond acceptors (Lipinski definition) is 8. The minimum absolute atomic E-state index is 0.367. The van der Waals surface area contributed by atoms with E-state index >= 15 is 0 Å². The Kier molecular flexibility index (Phi) is 6.03. The number of thiazole rings is 1. The number of aromatic nitrogens is 1. The average Bonchev–Trinajstić information content (AvgIpc) is 3.11. The Balaban J connectivity index is 1.89. The van der Waals surface area contributed by atoms with Gasteiger partial charge in [-0.1, -0.05) is 46.3 Å².